The van der Waals surface area contributed by atoms with E-state index in [9.17, 15) is 19.8 Å². The molecule has 27 heavy (non-hydrogen) atoms. The molecule has 1 fully saturated rings. The summed E-state index contributed by atoms with van der Waals surface area (Å²) < 4.78 is 4.62. The maximum Gasteiger partial charge on any atom is 0.305 e. The van der Waals surface area contributed by atoms with Gasteiger partial charge in [-0.3, -0.25) is 9.59 Å². The molecule has 0 radical (unpaired) electrons. The molecule has 0 aliphatic heterocycles. The Kier molecular flexibility index (Phi) is 10.6. The van der Waals surface area contributed by atoms with E-state index in [1.165, 1.54) is 7.11 Å². The summed E-state index contributed by atoms with van der Waals surface area (Å²) in [5, 5.41) is 20.6. The third kappa shape index (κ3) is 8.90. The summed E-state index contributed by atoms with van der Waals surface area (Å²) in [6, 6.07) is 0. The summed E-state index contributed by atoms with van der Waals surface area (Å²) >= 11 is 0. The number of rotatable bonds is 11. The lowest BCUT2D eigenvalue weighted by Crippen LogP contribution is -2.24. The van der Waals surface area contributed by atoms with Crippen LogP contribution < -0.4 is 0 Å². The van der Waals surface area contributed by atoms with Gasteiger partial charge in [0.05, 0.1) is 19.1 Å². The van der Waals surface area contributed by atoms with Gasteiger partial charge in [0.1, 0.15) is 11.4 Å². The van der Waals surface area contributed by atoms with Crippen molar-refractivity contribution in [1.82, 2.24) is 0 Å². The molecular formula is C22H36O5. The molecule has 1 aliphatic rings. The number of hydrogen-bond acceptors (Lipinski definition) is 5. The number of methoxy groups -OCH3 is 1. The zero-order chi connectivity index (χ0) is 20.3. The minimum absolute atomic E-state index is 0.0713. The van der Waals surface area contributed by atoms with Gasteiger partial charge < -0.3 is 14.9 Å². The average Bonchev–Trinajstić information content (AvgIpc) is 2.89. The number of carbonyl (C=O) groups is 2. The van der Waals surface area contributed by atoms with Crippen molar-refractivity contribution < 1.29 is 24.5 Å². The van der Waals surface area contributed by atoms with Gasteiger partial charge in [-0.25, -0.2) is 0 Å². The van der Waals surface area contributed by atoms with Gasteiger partial charge >= 0.3 is 5.97 Å². The highest BCUT2D eigenvalue weighted by atomic mass is 16.5. The number of ketones is 1. The predicted octanol–water partition coefficient (Wildman–Crippen LogP) is 3.40. The summed E-state index contributed by atoms with van der Waals surface area (Å²) in [6.45, 7) is 3.82. The molecule has 0 amide bonds. The maximum atomic E-state index is 12.2. The van der Waals surface area contributed by atoms with Gasteiger partial charge in [-0.1, -0.05) is 50.9 Å². The molecule has 0 aromatic rings. The first-order valence-corrected chi connectivity index (χ1v) is 10.3. The van der Waals surface area contributed by atoms with E-state index in [0.717, 1.165) is 44.9 Å². The third-order valence-corrected chi connectivity index (χ3v) is 5.32. The highest BCUT2D eigenvalue weighted by molar-refractivity contribution is 5.85. The van der Waals surface area contributed by atoms with Crippen molar-refractivity contribution in [3.8, 4) is 11.8 Å². The second-order valence-electron chi connectivity index (χ2n) is 7.90. The van der Waals surface area contributed by atoms with Gasteiger partial charge in [-0.05, 0) is 32.6 Å². The van der Waals surface area contributed by atoms with Crippen LogP contribution in [0.5, 0.6) is 0 Å². The van der Waals surface area contributed by atoms with Crippen LogP contribution >= 0.6 is 0 Å². The van der Waals surface area contributed by atoms with Gasteiger partial charge in [0.2, 0.25) is 0 Å². The molecule has 0 heterocycles. The van der Waals surface area contributed by atoms with Crippen LogP contribution in [0.1, 0.15) is 84.5 Å². The maximum absolute atomic E-state index is 12.2. The summed E-state index contributed by atoms with van der Waals surface area (Å²) in [7, 11) is 1.39. The van der Waals surface area contributed by atoms with Gasteiger partial charge in [0.25, 0.3) is 0 Å². The molecule has 1 rings (SSSR count). The minimum Gasteiger partial charge on any atom is -0.469 e. The van der Waals surface area contributed by atoms with E-state index in [0.29, 0.717) is 19.3 Å². The van der Waals surface area contributed by atoms with Crippen molar-refractivity contribution in [3.05, 3.63) is 0 Å². The topological polar surface area (TPSA) is 83.8 Å². The Morgan fingerprint density at radius 2 is 1.93 bits per heavy atom. The van der Waals surface area contributed by atoms with Crippen LogP contribution in [0.25, 0.3) is 0 Å². The van der Waals surface area contributed by atoms with E-state index in [1.54, 1.807) is 6.92 Å². The number of aliphatic hydroxyl groups excluding tert-OH is 1. The van der Waals surface area contributed by atoms with E-state index in [4.69, 9.17) is 0 Å². The predicted molar refractivity (Wildman–Crippen MR) is 105 cm³/mol. The Morgan fingerprint density at radius 1 is 1.22 bits per heavy atom. The summed E-state index contributed by atoms with van der Waals surface area (Å²) in [5.74, 6) is 5.18. The van der Waals surface area contributed by atoms with Crippen molar-refractivity contribution in [2.24, 2.45) is 11.8 Å². The fraction of sp³-hybridized carbons (Fsp3) is 0.818. The zero-order valence-corrected chi connectivity index (χ0v) is 17.1. The monoisotopic (exact) mass is 380 g/mol. The van der Waals surface area contributed by atoms with Gasteiger partial charge in [-0.2, -0.15) is 0 Å². The second-order valence-corrected chi connectivity index (χ2v) is 7.90. The lowest BCUT2D eigenvalue weighted by atomic mass is 9.88. The van der Waals surface area contributed by atoms with Gasteiger partial charge in [0, 0.05) is 18.8 Å². The Bertz CT molecular complexity index is 529. The first-order chi connectivity index (χ1) is 12.8. The summed E-state index contributed by atoms with van der Waals surface area (Å²) in [5.41, 5.74) is -1.07. The van der Waals surface area contributed by atoms with E-state index >= 15 is 0 Å². The number of carbonyl (C=O) groups excluding carboxylic acids is 2. The first kappa shape index (κ1) is 23.7. The quantitative estimate of drug-likeness (QED) is 0.326. The smallest absolute Gasteiger partial charge is 0.305 e. The molecule has 0 unspecified atom stereocenters. The molecule has 0 aromatic heterocycles. The number of Topliss-reactive ketones (excluding diaryl/α,β-unsaturated/α-hetero) is 1. The standard InChI is InChI=1S/C22H36O5/c1-4-5-10-14-22(2,26)15-13-18-17(19(23)16-20(18)24)11-8-6-7-9-12-21(25)27-3/h17-18,20,24,26H,4-12,14,16H2,1-3H3/t17-,18-,20+,22-/m0/s1. The van der Waals surface area contributed by atoms with Crippen LogP contribution in [0.3, 0.4) is 0 Å². The largest absolute Gasteiger partial charge is 0.469 e. The Labute approximate surface area is 163 Å². The van der Waals surface area contributed by atoms with Crippen molar-refractivity contribution in [3.63, 3.8) is 0 Å². The normalized spacial score (nSPS) is 24.2. The molecular weight excluding hydrogens is 344 g/mol. The average molecular weight is 381 g/mol. The number of aliphatic hydroxyl groups is 2. The van der Waals surface area contributed by atoms with Crippen molar-refractivity contribution in [1.29, 1.82) is 0 Å². The second kappa shape index (κ2) is 12.2. The fourth-order valence-corrected chi connectivity index (χ4v) is 3.60. The first-order valence-electron chi connectivity index (χ1n) is 10.3. The van der Waals surface area contributed by atoms with Crippen molar-refractivity contribution in [2.75, 3.05) is 7.11 Å². The van der Waals surface area contributed by atoms with Gasteiger partial charge in [-0.15, -0.1) is 0 Å². The molecule has 1 aliphatic carbocycles. The van der Waals surface area contributed by atoms with Gasteiger partial charge in [0.15, 0.2) is 0 Å². The molecule has 0 bridgehead atoms. The highest BCUT2D eigenvalue weighted by Crippen LogP contribution is 2.33. The summed E-state index contributed by atoms with van der Waals surface area (Å²) in [4.78, 5) is 23.3. The van der Waals surface area contributed by atoms with Crippen LogP contribution in [-0.2, 0) is 14.3 Å². The molecule has 5 heteroatoms. The lowest BCUT2D eigenvalue weighted by molar-refractivity contribution is -0.140. The van der Waals surface area contributed by atoms with E-state index in [2.05, 4.69) is 23.5 Å². The van der Waals surface area contributed by atoms with E-state index < -0.39 is 11.7 Å². The van der Waals surface area contributed by atoms with E-state index in [1.807, 2.05) is 0 Å². The molecule has 0 spiro atoms. The molecule has 0 saturated heterocycles. The summed E-state index contributed by atoms with van der Waals surface area (Å²) in [6.07, 6.45) is 7.73. The van der Waals surface area contributed by atoms with Crippen LogP contribution in [0.15, 0.2) is 0 Å². The van der Waals surface area contributed by atoms with Crippen molar-refractivity contribution in [2.45, 2.75) is 96.2 Å². The molecule has 4 atom stereocenters. The Morgan fingerprint density at radius 3 is 2.59 bits per heavy atom. The highest BCUT2D eigenvalue weighted by Gasteiger charge is 2.40. The number of esters is 1. The minimum atomic E-state index is -1.07. The number of unbranched alkanes of at least 4 members (excludes halogenated alkanes) is 5. The van der Waals surface area contributed by atoms with Crippen LogP contribution in [-0.4, -0.2) is 40.8 Å². The molecule has 2 N–H and O–H groups in total. The Balaban J connectivity index is 2.49. The number of hydrogen-bond donors (Lipinski definition) is 2. The zero-order valence-electron chi connectivity index (χ0n) is 17.1. The molecule has 154 valence electrons. The number of ether oxygens (including phenoxy) is 1. The molecule has 1 saturated carbocycles. The fourth-order valence-electron chi connectivity index (χ4n) is 3.60. The molecule has 0 aromatic carbocycles. The van der Waals surface area contributed by atoms with Crippen LogP contribution in [0.4, 0.5) is 0 Å². The van der Waals surface area contributed by atoms with Crippen LogP contribution in [0.2, 0.25) is 0 Å². The molecule has 5 nitrogen and oxygen atoms in total. The lowest BCUT2D eigenvalue weighted by Gasteiger charge is -2.19. The SMILES string of the molecule is CCCCC[C@](C)(O)C#C[C@@H]1[C@H](O)CC(=O)[C@H]1CCCCCCC(=O)OC. The van der Waals surface area contributed by atoms with E-state index in [-0.39, 0.29) is 30.0 Å². The van der Waals surface area contributed by atoms with Crippen LogP contribution in [0, 0.1) is 23.7 Å². The Hall–Kier alpha value is -1.38. The third-order valence-electron chi connectivity index (χ3n) is 5.32. The van der Waals surface area contributed by atoms with Crippen molar-refractivity contribution >= 4 is 11.8 Å².